The molecule has 0 aliphatic heterocycles. The van der Waals surface area contributed by atoms with E-state index in [0.717, 1.165) is 45.7 Å². The number of nitrogens with zero attached hydrogens (tertiary/aromatic N) is 1. The van der Waals surface area contributed by atoms with Crippen molar-refractivity contribution in [3.8, 4) is 33.9 Å². The van der Waals surface area contributed by atoms with Gasteiger partial charge in [-0.3, -0.25) is 4.79 Å². The fourth-order valence-electron chi connectivity index (χ4n) is 3.69. The van der Waals surface area contributed by atoms with Crippen molar-refractivity contribution in [3.63, 3.8) is 0 Å². The van der Waals surface area contributed by atoms with E-state index < -0.39 is 11.9 Å². The average Bonchev–Trinajstić information content (AvgIpc) is 3.32. The number of aromatic amines is 1. The van der Waals surface area contributed by atoms with Gasteiger partial charge >= 0.3 is 11.9 Å². The summed E-state index contributed by atoms with van der Waals surface area (Å²) >= 11 is 0. The van der Waals surface area contributed by atoms with Crippen LogP contribution in [0, 0.1) is 0 Å². The van der Waals surface area contributed by atoms with Gasteiger partial charge in [-0.05, 0) is 47.5 Å². The van der Waals surface area contributed by atoms with E-state index in [-0.39, 0.29) is 5.91 Å². The Morgan fingerprint density at radius 2 is 1.22 bits per heavy atom. The molecule has 0 aliphatic carbocycles. The Balaban J connectivity index is 1.74. The first-order chi connectivity index (χ1) is 17.8. The van der Waals surface area contributed by atoms with Crippen molar-refractivity contribution in [2.24, 2.45) is 0 Å². The van der Waals surface area contributed by atoms with Gasteiger partial charge in [-0.1, -0.05) is 48.5 Å². The number of rotatable bonds is 8. The van der Waals surface area contributed by atoms with Gasteiger partial charge < -0.3 is 20.5 Å². The molecule has 4 N–H and O–H groups in total. The zero-order valence-electron chi connectivity index (χ0n) is 19.8. The molecular formula is C29H23N3O5. The molecule has 8 heteroatoms. The number of anilines is 1. The number of hydrogen-bond acceptors (Lipinski definition) is 4. The molecular weight excluding hydrogens is 470 g/mol. The fourth-order valence-corrected chi connectivity index (χ4v) is 3.69. The Kier molecular flexibility index (Phi) is 7.40. The predicted octanol–water partition coefficient (Wildman–Crippen LogP) is 5.56. The Morgan fingerprint density at radius 3 is 1.70 bits per heavy atom. The molecule has 1 aromatic heterocycles. The Labute approximate surface area is 212 Å². The van der Waals surface area contributed by atoms with Gasteiger partial charge in [0, 0.05) is 41.5 Å². The number of benzene rings is 3. The quantitative estimate of drug-likeness (QED) is 0.237. The lowest BCUT2D eigenvalue weighted by atomic mass is 10.0. The van der Waals surface area contributed by atoms with Crippen LogP contribution in [0.25, 0.3) is 46.1 Å². The summed E-state index contributed by atoms with van der Waals surface area (Å²) in [4.78, 5) is 41.2. The van der Waals surface area contributed by atoms with E-state index in [1.807, 2.05) is 60.7 Å². The van der Waals surface area contributed by atoms with Crippen LogP contribution in [0.15, 0.2) is 84.9 Å². The number of imidazole rings is 1. The molecule has 8 nitrogen and oxygen atoms in total. The summed E-state index contributed by atoms with van der Waals surface area (Å²) in [6.07, 6.45) is 5.20. The zero-order valence-corrected chi connectivity index (χ0v) is 19.8. The number of carboxylic acids is 2. The van der Waals surface area contributed by atoms with Gasteiger partial charge in [0.05, 0.1) is 11.4 Å². The molecule has 184 valence electrons. The molecule has 4 rings (SSSR count). The zero-order chi connectivity index (χ0) is 26.4. The Bertz CT molecular complexity index is 1410. The normalized spacial score (nSPS) is 11.2. The van der Waals surface area contributed by atoms with Crippen molar-refractivity contribution in [2.45, 2.75) is 6.92 Å². The maximum atomic E-state index is 11.3. The van der Waals surface area contributed by atoms with Crippen LogP contribution in [0.2, 0.25) is 0 Å². The summed E-state index contributed by atoms with van der Waals surface area (Å²) in [6.45, 7) is 1.45. The number of amides is 1. The lowest BCUT2D eigenvalue weighted by Gasteiger charge is -2.05. The van der Waals surface area contributed by atoms with E-state index in [2.05, 4.69) is 10.3 Å². The Hall–Kier alpha value is -5.24. The smallest absolute Gasteiger partial charge is 0.328 e. The van der Waals surface area contributed by atoms with Gasteiger partial charge in [-0.15, -0.1) is 0 Å². The third-order valence-electron chi connectivity index (χ3n) is 5.40. The van der Waals surface area contributed by atoms with Crippen molar-refractivity contribution in [2.75, 3.05) is 5.32 Å². The molecule has 0 saturated carbocycles. The van der Waals surface area contributed by atoms with E-state index >= 15 is 0 Å². The molecule has 0 spiro atoms. The summed E-state index contributed by atoms with van der Waals surface area (Å²) in [7, 11) is 0. The largest absolute Gasteiger partial charge is 0.478 e. The molecule has 0 atom stereocenters. The number of carbonyl (C=O) groups is 3. The molecule has 0 radical (unpaired) electrons. The summed E-state index contributed by atoms with van der Waals surface area (Å²) in [6, 6.07) is 22.1. The van der Waals surface area contributed by atoms with E-state index in [0.29, 0.717) is 17.2 Å². The molecule has 0 saturated heterocycles. The van der Waals surface area contributed by atoms with Crippen LogP contribution >= 0.6 is 0 Å². The number of nitrogens with one attached hydrogen (secondary N) is 2. The predicted molar refractivity (Wildman–Crippen MR) is 143 cm³/mol. The van der Waals surface area contributed by atoms with E-state index in [9.17, 15) is 14.4 Å². The first-order valence-corrected chi connectivity index (χ1v) is 11.3. The topological polar surface area (TPSA) is 132 Å². The number of H-pyrrole nitrogens is 1. The number of aromatic nitrogens is 2. The first kappa shape index (κ1) is 24.9. The van der Waals surface area contributed by atoms with Crippen molar-refractivity contribution in [1.82, 2.24) is 9.97 Å². The summed E-state index contributed by atoms with van der Waals surface area (Å²) in [5.74, 6) is -1.56. The summed E-state index contributed by atoms with van der Waals surface area (Å²) < 4.78 is 0. The maximum absolute atomic E-state index is 11.3. The highest BCUT2D eigenvalue weighted by atomic mass is 16.4. The van der Waals surface area contributed by atoms with Gasteiger partial charge in [-0.25, -0.2) is 14.6 Å². The summed E-state index contributed by atoms with van der Waals surface area (Å²) in [5, 5.41) is 20.5. The number of carbonyl (C=O) groups excluding carboxylic acids is 1. The molecule has 1 amide bonds. The van der Waals surface area contributed by atoms with Crippen molar-refractivity contribution in [1.29, 1.82) is 0 Å². The molecule has 0 fully saturated rings. The standard InChI is InChI=1S/C29H23N3O5/c1-18(33)30-24-14-12-23(13-15-24)29-31-27(21-8-2-19(3-9-21)6-16-25(34)35)28(32-29)22-10-4-20(5-11-22)7-17-26(36)37/h2-17H,1H3,(H,30,33)(H,31,32)(H,34,35)(H,36,37). The number of hydrogen-bond donors (Lipinski definition) is 4. The lowest BCUT2D eigenvalue weighted by Crippen LogP contribution is -2.05. The lowest BCUT2D eigenvalue weighted by molar-refractivity contribution is -0.132. The number of carboxylic acid groups (broad SMARTS) is 2. The van der Waals surface area contributed by atoms with Crippen molar-refractivity contribution in [3.05, 3.63) is 96.1 Å². The van der Waals surface area contributed by atoms with E-state index in [4.69, 9.17) is 15.2 Å². The van der Waals surface area contributed by atoms with Crippen molar-refractivity contribution < 1.29 is 24.6 Å². The minimum absolute atomic E-state index is 0.154. The maximum Gasteiger partial charge on any atom is 0.328 e. The monoisotopic (exact) mass is 493 g/mol. The molecule has 37 heavy (non-hydrogen) atoms. The second kappa shape index (κ2) is 11.0. The van der Waals surface area contributed by atoms with Crippen molar-refractivity contribution >= 4 is 35.7 Å². The highest BCUT2D eigenvalue weighted by molar-refractivity contribution is 5.89. The van der Waals surface area contributed by atoms with Crippen LogP contribution in [-0.4, -0.2) is 38.0 Å². The SMILES string of the molecule is CC(=O)Nc1ccc(-c2nc(-c3ccc(C=CC(=O)O)cc3)c(-c3ccc(C=CC(=O)O)cc3)[nH]2)cc1. The highest BCUT2D eigenvalue weighted by Gasteiger charge is 2.15. The van der Waals surface area contributed by atoms with Gasteiger partial charge in [0.25, 0.3) is 0 Å². The minimum atomic E-state index is -1.02. The molecule has 1 heterocycles. The van der Waals surface area contributed by atoms with Gasteiger partial charge in [0.2, 0.25) is 5.91 Å². The van der Waals surface area contributed by atoms with Crippen LogP contribution in [0.3, 0.4) is 0 Å². The van der Waals surface area contributed by atoms with Crippen LogP contribution in [0.1, 0.15) is 18.1 Å². The molecule has 0 bridgehead atoms. The van der Waals surface area contributed by atoms with E-state index in [1.165, 1.54) is 19.1 Å². The Morgan fingerprint density at radius 1 is 0.730 bits per heavy atom. The fraction of sp³-hybridized carbons (Fsp3) is 0.0345. The van der Waals surface area contributed by atoms with Crippen LogP contribution in [0.5, 0.6) is 0 Å². The minimum Gasteiger partial charge on any atom is -0.478 e. The summed E-state index contributed by atoms with van der Waals surface area (Å²) in [5.41, 5.74) is 6.14. The highest BCUT2D eigenvalue weighted by Crippen LogP contribution is 2.34. The second-order valence-corrected chi connectivity index (χ2v) is 8.15. The third-order valence-corrected chi connectivity index (χ3v) is 5.40. The molecule has 0 aliphatic rings. The van der Waals surface area contributed by atoms with Crippen LogP contribution < -0.4 is 5.32 Å². The average molecular weight is 494 g/mol. The number of aliphatic carboxylic acids is 2. The van der Waals surface area contributed by atoms with Gasteiger partial charge in [0.1, 0.15) is 5.82 Å². The van der Waals surface area contributed by atoms with Gasteiger partial charge in [-0.2, -0.15) is 0 Å². The third kappa shape index (κ3) is 6.46. The molecule has 3 aromatic carbocycles. The van der Waals surface area contributed by atoms with E-state index in [1.54, 1.807) is 12.1 Å². The van der Waals surface area contributed by atoms with Gasteiger partial charge in [0.15, 0.2) is 0 Å². The van der Waals surface area contributed by atoms with Crippen LogP contribution in [-0.2, 0) is 14.4 Å². The second-order valence-electron chi connectivity index (χ2n) is 8.15. The molecule has 4 aromatic rings. The van der Waals surface area contributed by atoms with Crippen LogP contribution in [0.4, 0.5) is 5.69 Å². The first-order valence-electron chi connectivity index (χ1n) is 11.3. The molecule has 0 unspecified atom stereocenters.